The molecule has 0 aliphatic heterocycles. The molecular formula is C18H19FN4OS2. The molecule has 0 spiro atoms. The number of rotatable bonds is 5. The van der Waals surface area contributed by atoms with E-state index in [0.29, 0.717) is 23.1 Å². The number of anilines is 2. The number of carbonyl (C=O) groups excluding carboxylic acids is 1. The van der Waals surface area contributed by atoms with Crippen LogP contribution in [0.25, 0.3) is 10.2 Å². The van der Waals surface area contributed by atoms with E-state index in [1.54, 1.807) is 11.3 Å². The maximum Gasteiger partial charge on any atom is 0.237 e. The molecule has 0 aliphatic rings. The molecule has 0 saturated carbocycles. The number of halogens is 1. The molecule has 1 amide bonds. The second-order valence-electron chi connectivity index (χ2n) is 5.87. The first-order valence-electron chi connectivity index (χ1n) is 8.15. The van der Waals surface area contributed by atoms with E-state index < -0.39 is 0 Å². The van der Waals surface area contributed by atoms with Crippen LogP contribution in [0.2, 0.25) is 0 Å². The number of fused-ring (bicyclic) bond motifs is 1. The number of nitrogen functional groups attached to an aromatic ring is 1. The Morgan fingerprint density at radius 3 is 2.65 bits per heavy atom. The lowest BCUT2D eigenvalue weighted by atomic mass is 10.2. The van der Waals surface area contributed by atoms with Gasteiger partial charge < -0.3 is 11.1 Å². The van der Waals surface area contributed by atoms with Crippen molar-refractivity contribution >= 4 is 50.7 Å². The Kier molecular flexibility index (Phi) is 5.43. The van der Waals surface area contributed by atoms with Crippen LogP contribution in [0.3, 0.4) is 0 Å². The van der Waals surface area contributed by atoms with Crippen LogP contribution in [-0.2, 0) is 4.79 Å². The number of hydrogen-bond donors (Lipinski definition) is 2. The summed E-state index contributed by atoms with van der Waals surface area (Å²) in [6.07, 6.45) is 0.599. The monoisotopic (exact) mass is 390 g/mol. The third kappa shape index (κ3) is 3.81. The van der Waals surface area contributed by atoms with Crippen LogP contribution in [0, 0.1) is 19.7 Å². The lowest BCUT2D eigenvalue weighted by Crippen LogP contribution is -2.24. The number of nitrogens with one attached hydrogen (secondary N) is 1. The molecule has 26 heavy (non-hydrogen) atoms. The van der Waals surface area contributed by atoms with Gasteiger partial charge in [-0.2, -0.15) is 0 Å². The molecule has 1 unspecified atom stereocenters. The Morgan fingerprint density at radius 2 is 2.00 bits per heavy atom. The molecule has 0 bridgehead atoms. The molecule has 0 fully saturated rings. The van der Waals surface area contributed by atoms with Crippen molar-refractivity contribution in [2.24, 2.45) is 0 Å². The highest BCUT2D eigenvalue weighted by Gasteiger charge is 2.21. The van der Waals surface area contributed by atoms with E-state index in [0.717, 1.165) is 20.7 Å². The lowest BCUT2D eigenvalue weighted by Gasteiger charge is -2.14. The van der Waals surface area contributed by atoms with Gasteiger partial charge in [0.05, 0.1) is 10.6 Å². The maximum absolute atomic E-state index is 13.0. The molecular weight excluding hydrogens is 371 g/mol. The van der Waals surface area contributed by atoms with Crippen LogP contribution in [0.4, 0.5) is 15.9 Å². The summed E-state index contributed by atoms with van der Waals surface area (Å²) in [5, 5.41) is 3.79. The van der Waals surface area contributed by atoms with Crippen LogP contribution < -0.4 is 11.1 Å². The minimum absolute atomic E-state index is 0.176. The van der Waals surface area contributed by atoms with Crippen LogP contribution in [-0.4, -0.2) is 21.1 Å². The van der Waals surface area contributed by atoms with Crippen molar-refractivity contribution in [3.63, 3.8) is 0 Å². The van der Waals surface area contributed by atoms with E-state index in [1.165, 1.54) is 36.0 Å². The van der Waals surface area contributed by atoms with Crippen molar-refractivity contribution in [3.8, 4) is 0 Å². The fraction of sp³-hybridized carbons (Fsp3) is 0.278. The second-order valence-corrected chi connectivity index (χ2v) is 8.24. The SMILES string of the molecule is CCC(Sc1nc(N)c2c(C)c(C)sc2n1)C(=O)Nc1ccc(F)cc1. The molecule has 0 saturated heterocycles. The summed E-state index contributed by atoms with van der Waals surface area (Å²) in [6.45, 7) is 5.95. The summed E-state index contributed by atoms with van der Waals surface area (Å²) >= 11 is 2.86. The lowest BCUT2D eigenvalue weighted by molar-refractivity contribution is -0.115. The zero-order valence-electron chi connectivity index (χ0n) is 14.7. The van der Waals surface area contributed by atoms with Crippen molar-refractivity contribution in [2.45, 2.75) is 37.6 Å². The number of benzene rings is 1. The molecule has 2 heterocycles. The van der Waals surface area contributed by atoms with Gasteiger partial charge in [-0.3, -0.25) is 4.79 Å². The Bertz CT molecular complexity index is 956. The smallest absolute Gasteiger partial charge is 0.237 e. The highest BCUT2D eigenvalue weighted by Crippen LogP contribution is 2.34. The van der Waals surface area contributed by atoms with E-state index in [9.17, 15) is 9.18 Å². The Labute approximate surface area is 159 Å². The third-order valence-electron chi connectivity index (χ3n) is 4.06. The summed E-state index contributed by atoms with van der Waals surface area (Å²) in [6, 6.07) is 5.68. The van der Waals surface area contributed by atoms with Crippen molar-refractivity contribution in [1.82, 2.24) is 9.97 Å². The van der Waals surface area contributed by atoms with E-state index in [-0.39, 0.29) is 17.0 Å². The average Bonchev–Trinajstić information content (AvgIpc) is 2.89. The molecule has 3 rings (SSSR count). The van der Waals surface area contributed by atoms with Crippen molar-refractivity contribution in [2.75, 3.05) is 11.1 Å². The number of aryl methyl sites for hydroxylation is 2. The Hall–Kier alpha value is -2.19. The van der Waals surface area contributed by atoms with Gasteiger partial charge in [0.25, 0.3) is 0 Å². The normalized spacial score (nSPS) is 12.3. The summed E-state index contributed by atoms with van der Waals surface area (Å²) in [5.74, 6) is -0.0822. The van der Waals surface area contributed by atoms with E-state index in [1.807, 2.05) is 20.8 Å². The van der Waals surface area contributed by atoms with Gasteiger partial charge in [-0.1, -0.05) is 18.7 Å². The number of amides is 1. The van der Waals surface area contributed by atoms with Crippen LogP contribution in [0.1, 0.15) is 23.8 Å². The number of aromatic nitrogens is 2. The minimum atomic E-state index is -0.376. The van der Waals surface area contributed by atoms with Gasteiger partial charge in [0.2, 0.25) is 5.91 Å². The molecule has 0 aliphatic carbocycles. The molecule has 0 radical (unpaired) electrons. The van der Waals surface area contributed by atoms with Crippen molar-refractivity contribution in [1.29, 1.82) is 0 Å². The first-order valence-corrected chi connectivity index (χ1v) is 9.85. The largest absolute Gasteiger partial charge is 0.383 e. The fourth-order valence-corrected chi connectivity index (χ4v) is 4.50. The molecule has 2 aromatic heterocycles. The topological polar surface area (TPSA) is 80.9 Å². The average molecular weight is 391 g/mol. The molecule has 5 nitrogen and oxygen atoms in total. The van der Waals surface area contributed by atoms with Gasteiger partial charge in [0.15, 0.2) is 5.16 Å². The van der Waals surface area contributed by atoms with Crippen molar-refractivity contribution in [3.05, 3.63) is 40.5 Å². The number of thioether (sulfide) groups is 1. The van der Waals surface area contributed by atoms with Gasteiger partial charge in [0.1, 0.15) is 16.5 Å². The summed E-state index contributed by atoms with van der Waals surface area (Å²) in [7, 11) is 0. The number of nitrogens with two attached hydrogens (primary N) is 1. The standard InChI is InChI=1S/C18H19FN4OS2/c1-4-13(16(24)21-12-7-5-11(19)6-8-12)26-18-22-15(20)14-9(2)10(3)25-17(14)23-18/h5-8,13H,4H2,1-3H3,(H,21,24)(H2,20,22,23). The third-order valence-corrected chi connectivity index (χ3v) is 6.39. The number of hydrogen-bond acceptors (Lipinski definition) is 6. The van der Waals surface area contributed by atoms with Gasteiger partial charge in [-0.15, -0.1) is 11.3 Å². The molecule has 3 aromatic rings. The van der Waals surface area contributed by atoms with Crippen LogP contribution in [0.5, 0.6) is 0 Å². The van der Waals surface area contributed by atoms with Gasteiger partial charge >= 0.3 is 0 Å². The van der Waals surface area contributed by atoms with E-state index >= 15 is 0 Å². The number of carbonyl (C=O) groups is 1. The highest BCUT2D eigenvalue weighted by molar-refractivity contribution is 8.00. The first kappa shape index (κ1) is 18.6. The summed E-state index contributed by atoms with van der Waals surface area (Å²) < 4.78 is 13.0. The molecule has 3 N–H and O–H groups in total. The predicted octanol–water partition coefficient (Wildman–Crippen LogP) is 4.54. The first-order chi connectivity index (χ1) is 12.4. The molecule has 8 heteroatoms. The maximum atomic E-state index is 13.0. The number of nitrogens with zero attached hydrogens (tertiary/aromatic N) is 2. The zero-order chi connectivity index (χ0) is 18.8. The van der Waals surface area contributed by atoms with Crippen LogP contribution in [0.15, 0.2) is 29.4 Å². The Morgan fingerprint density at radius 1 is 1.31 bits per heavy atom. The fourth-order valence-electron chi connectivity index (χ4n) is 2.52. The van der Waals surface area contributed by atoms with Crippen LogP contribution >= 0.6 is 23.1 Å². The summed E-state index contributed by atoms with van der Waals surface area (Å²) in [4.78, 5) is 23.5. The Balaban J connectivity index is 1.80. The molecule has 1 atom stereocenters. The second kappa shape index (κ2) is 7.59. The minimum Gasteiger partial charge on any atom is -0.383 e. The van der Waals surface area contributed by atoms with E-state index in [2.05, 4.69) is 15.3 Å². The van der Waals surface area contributed by atoms with Gasteiger partial charge in [-0.05, 0) is 50.1 Å². The zero-order valence-corrected chi connectivity index (χ0v) is 16.3. The van der Waals surface area contributed by atoms with Crippen molar-refractivity contribution < 1.29 is 9.18 Å². The van der Waals surface area contributed by atoms with Gasteiger partial charge in [-0.25, -0.2) is 14.4 Å². The van der Waals surface area contributed by atoms with Gasteiger partial charge in [0, 0.05) is 10.6 Å². The molecule has 136 valence electrons. The van der Waals surface area contributed by atoms with E-state index in [4.69, 9.17) is 5.73 Å². The quantitative estimate of drug-likeness (QED) is 0.494. The predicted molar refractivity (Wildman–Crippen MR) is 106 cm³/mol. The number of thiophene rings is 1. The molecule has 1 aromatic carbocycles. The highest BCUT2D eigenvalue weighted by atomic mass is 32.2. The summed E-state index contributed by atoms with van der Waals surface area (Å²) in [5.41, 5.74) is 7.76.